The van der Waals surface area contributed by atoms with Crippen molar-refractivity contribution in [2.24, 2.45) is 5.92 Å². The molecule has 3 aromatic rings. The molecule has 200 valence electrons. The Bertz CT molecular complexity index is 1360. The number of carboxylic acids is 1. The van der Waals surface area contributed by atoms with Gasteiger partial charge in [-0.05, 0) is 42.8 Å². The van der Waals surface area contributed by atoms with Crippen LogP contribution in [-0.4, -0.2) is 72.4 Å². The molecule has 38 heavy (non-hydrogen) atoms. The summed E-state index contributed by atoms with van der Waals surface area (Å²) in [6.45, 7) is 0.569. The van der Waals surface area contributed by atoms with Gasteiger partial charge in [0.25, 0.3) is 5.91 Å². The van der Waals surface area contributed by atoms with Crippen LogP contribution >= 0.6 is 0 Å². The maximum Gasteiger partial charge on any atom is 0.323 e. The molecule has 13 heteroatoms. The Kier molecular flexibility index (Phi) is 8.51. The second-order valence-electron chi connectivity index (χ2n) is 8.69. The van der Waals surface area contributed by atoms with Crippen LogP contribution in [0.4, 0.5) is 11.6 Å². The third kappa shape index (κ3) is 6.62. The number of sulfonamides is 1. The highest BCUT2D eigenvalue weighted by Crippen LogP contribution is 2.29. The normalized spacial score (nSPS) is 18.1. The number of hydrogen-bond donors (Lipinski definition) is 5. The molecule has 1 aliphatic heterocycles. The van der Waals surface area contributed by atoms with Gasteiger partial charge in [-0.15, -0.1) is 0 Å². The van der Waals surface area contributed by atoms with Crippen molar-refractivity contribution in [3.63, 3.8) is 0 Å². The van der Waals surface area contributed by atoms with Crippen molar-refractivity contribution >= 4 is 33.5 Å². The summed E-state index contributed by atoms with van der Waals surface area (Å²) in [7, 11) is -4.10. The van der Waals surface area contributed by atoms with E-state index in [4.69, 9.17) is 0 Å². The summed E-state index contributed by atoms with van der Waals surface area (Å²) < 4.78 is 27.1. The van der Waals surface area contributed by atoms with Crippen molar-refractivity contribution in [1.82, 2.24) is 20.0 Å². The van der Waals surface area contributed by atoms with Gasteiger partial charge in [-0.1, -0.05) is 24.3 Å². The first kappa shape index (κ1) is 27.0. The zero-order valence-corrected chi connectivity index (χ0v) is 21.1. The maximum absolute atomic E-state index is 12.8. The van der Waals surface area contributed by atoms with E-state index in [1.807, 2.05) is 0 Å². The highest BCUT2D eigenvalue weighted by molar-refractivity contribution is 7.89. The fraction of sp³-hybridized carbons (Fsp3) is 0.280. The van der Waals surface area contributed by atoms with E-state index in [-0.39, 0.29) is 16.4 Å². The van der Waals surface area contributed by atoms with Crippen molar-refractivity contribution in [2.75, 3.05) is 29.9 Å². The molecule has 3 atom stereocenters. The standard InChI is InChI=1S/C25H28N6O6S/c32-22(28-16-21(24(34)35)30-38(36,37)20-8-2-1-3-9-20)17-6-4-7-19(14-17)31-13-10-18(23(31)33)15-29-25-26-11-5-12-27-25/h1-9,11-12,14,18,21,23,30,33H,10,13,15-16H2,(H,28,32)(H,34,35)(H,26,27,29)/t18-,21-,23-/m0/s1. The number of hydrogen-bond acceptors (Lipinski definition) is 9. The molecule has 1 amide bonds. The van der Waals surface area contributed by atoms with Crippen molar-refractivity contribution in [1.29, 1.82) is 0 Å². The van der Waals surface area contributed by atoms with E-state index in [0.717, 1.165) is 0 Å². The third-order valence-corrected chi connectivity index (χ3v) is 7.61. The number of aromatic nitrogens is 2. The summed E-state index contributed by atoms with van der Waals surface area (Å²) >= 11 is 0. The van der Waals surface area contributed by atoms with Gasteiger partial charge < -0.3 is 25.7 Å². The number of nitrogens with zero attached hydrogens (tertiary/aromatic N) is 3. The lowest BCUT2D eigenvalue weighted by molar-refractivity contribution is -0.138. The van der Waals surface area contributed by atoms with Crippen LogP contribution in [-0.2, 0) is 14.8 Å². The number of anilines is 2. The van der Waals surface area contributed by atoms with Crippen LogP contribution < -0.4 is 20.3 Å². The van der Waals surface area contributed by atoms with Crippen LogP contribution in [0.2, 0.25) is 0 Å². The van der Waals surface area contributed by atoms with E-state index >= 15 is 0 Å². The van der Waals surface area contributed by atoms with Crippen molar-refractivity contribution < 1.29 is 28.2 Å². The zero-order chi connectivity index (χ0) is 27.1. The molecule has 0 radical (unpaired) electrons. The molecule has 0 aliphatic carbocycles. The van der Waals surface area contributed by atoms with Gasteiger partial charge >= 0.3 is 5.97 Å². The predicted molar refractivity (Wildman–Crippen MR) is 139 cm³/mol. The largest absolute Gasteiger partial charge is 0.480 e. The lowest BCUT2D eigenvalue weighted by Crippen LogP contribution is -2.48. The Morgan fingerprint density at radius 2 is 1.79 bits per heavy atom. The number of aliphatic hydroxyl groups is 1. The molecular weight excluding hydrogens is 512 g/mol. The Morgan fingerprint density at radius 1 is 1.05 bits per heavy atom. The van der Waals surface area contributed by atoms with Crippen molar-refractivity contribution in [3.8, 4) is 0 Å². The van der Waals surface area contributed by atoms with E-state index in [0.29, 0.717) is 31.1 Å². The van der Waals surface area contributed by atoms with Gasteiger partial charge in [0.05, 0.1) is 4.90 Å². The minimum atomic E-state index is -4.10. The highest BCUT2D eigenvalue weighted by atomic mass is 32.2. The summed E-state index contributed by atoms with van der Waals surface area (Å²) in [5.74, 6) is -1.63. The van der Waals surface area contributed by atoms with Crippen LogP contribution in [0.5, 0.6) is 0 Å². The Morgan fingerprint density at radius 3 is 2.50 bits per heavy atom. The summed E-state index contributed by atoms with van der Waals surface area (Å²) in [5.41, 5.74) is 0.868. The SMILES string of the molecule is O=C(NC[C@H](NS(=O)(=O)c1ccccc1)C(=O)O)c1cccc(N2CC[C@@H](CNc3ncccn3)[C@@H]2O)c1. The minimum absolute atomic E-state index is 0.0840. The molecule has 1 aromatic heterocycles. The van der Waals surface area contributed by atoms with Gasteiger partial charge in [0.1, 0.15) is 12.3 Å². The number of aliphatic hydroxyl groups excluding tert-OH is 1. The molecular formula is C25H28N6O6S. The molecule has 0 unspecified atom stereocenters. The average Bonchev–Trinajstić information content (AvgIpc) is 3.30. The van der Waals surface area contributed by atoms with E-state index in [9.17, 15) is 28.2 Å². The molecule has 4 rings (SSSR count). The molecule has 0 bridgehead atoms. The number of aliphatic carboxylic acids is 1. The van der Waals surface area contributed by atoms with Gasteiger partial charge in [0.2, 0.25) is 16.0 Å². The molecule has 2 heterocycles. The van der Waals surface area contributed by atoms with Crippen LogP contribution in [0.15, 0.2) is 78.0 Å². The first-order valence-corrected chi connectivity index (χ1v) is 13.4. The first-order valence-electron chi connectivity index (χ1n) is 11.9. The molecule has 1 saturated heterocycles. The van der Waals surface area contributed by atoms with Crippen LogP contribution in [0.1, 0.15) is 16.8 Å². The molecule has 12 nitrogen and oxygen atoms in total. The molecule has 1 fully saturated rings. The second kappa shape index (κ2) is 12.0. The number of rotatable bonds is 11. The van der Waals surface area contributed by atoms with E-state index in [1.165, 1.54) is 24.3 Å². The number of carbonyl (C=O) groups is 2. The van der Waals surface area contributed by atoms with Gasteiger partial charge in [-0.3, -0.25) is 9.59 Å². The van der Waals surface area contributed by atoms with E-state index in [2.05, 4.69) is 25.3 Å². The molecule has 0 saturated carbocycles. The first-order chi connectivity index (χ1) is 18.2. The van der Waals surface area contributed by atoms with Gasteiger partial charge in [-0.2, -0.15) is 4.72 Å². The molecule has 0 spiro atoms. The smallest absolute Gasteiger partial charge is 0.323 e. The topological polar surface area (TPSA) is 174 Å². The van der Waals surface area contributed by atoms with Crippen LogP contribution in [0, 0.1) is 5.92 Å². The lowest BCUT2D eigenvalue weighted by Gasteiger charge is -2.26. The van der Waals surface area contributed by atoms with Crippen molar-refractivity contribution in [3.05, 3.63) is 78.6 Å². The second-order valence-corrected chi connectivity index (χ2v) is 10.4. The summed E-state index contributed by atoms with van der Waals surface area (Å²) in [6, 6.07) is 14.1. The molecule has 1 aliphatic rings. The van der Waals surface area contributed by atoms with Crippen LogP contribution in [0.3, 0.4) is 0 Å². The lowest BCUT2D eigenvalue weighted by atomic mass is 10.1. The number of nitrogens with one attached hydrogen (secondary N) is 3. The minimum Gasteiger partial charge on any atom is -0.480 e. The quantitative estimate of drug-likeness (QED) is 0.235. The zero-order valence-electron chi connectivity index (χ0n) is 20.3. The van der Waals surface area contributed by atoms with Crippen molar-refractivity contribution in [2.45, 2.75) is 23.6 Å². The molecule has 5 N–H and O–H groups in total. The summed E-state index contributed by atoms with van der Waals surface area (Å²) in [6.07, 6.45) is 3.16. The highest BCUT2D eigenvalue weighted by Gasteiger charge is 2.33. The van der Waals surface area contributed by atoms with Crippen LogP contribution in [0.25, 0.3) is 0 Å². The number of benzene rings is 2. The summed E-state index contributed by atoms with van der Waals surface area (Å²) in [5, 5.41) is 26.0. The summed E-state index contributed by atoms with van der Waals surface area (Å²) in [4.78, 5) is 34.4. The predicted octanol–water partition coefficient (Wildman–Crippen LogP) is 0.895. The maximum atomic E-state index is 12.8. The fourth-order valence-electron chi connectivity index (χ4n) is 4.10. The monoisotopic (exact) mass is 540 g/mol. The number of amides is 1. The fourth-order valence-corrected chi connectivity index (χ4v) is 5.31. The van der Waals surface area contributed by atoms with E-state index < -0.39 is 40.7 Å². The molecule has 2 aromatic carbocycles. The third-order valence-electron chi connectivity index (χ3n) is 6.13. The van der Waals surface area contributed by atoms with Gasteiger partial charge in [0.15, 0.2) is 0 Å². The average molecular weight is 541 g/mol. The Labute approximate surface area is 219 Å². The number of carbonyl (C=O) groups excluding carboxylic acids is 1. The van der Waals surface area contributed by atoms with Gasteiger partial charge in [-0.25, -0.2) is 18.4 Å². The Hall–Kier alpha value is -4.07. The Balaban J connectivity index is 1.36. The van der Waals surface area contributed by atoms with E-state index in [1.54, 1.807) is 53.7 Å². The number of carboxylic acid groups (broad SMARTS) is 1. The van der Waals surface area contributed by atoms with Gasteiger partial charge in [0, 0.05) is 49.2 Å².